The van der Waals surface area contributed by atoms with Gasteiger partial charge in [0.1, 0.15) is 0 Å². The molecule has 1 atom stereocenters. The maximum atomic E-state index is 12.6. The third-order valence-corrected chi connectivity index (χ3v) is 5.43. The highest BCUT2D eigenvalue weighted by atomic mass is 32.1. The Balaban J connectivity index is 1.47. The van der Waals surface area contributed by atoms with E-state index in [4.69, 9.17) is 0 Å². The van der Waals surface area contributed by atoms with Gasteiger partial charge < -0.3 is 4.90 Å². The molecule has 0 saturated heterocycles. The average Bonchev–Trinajstić information content (AvgIpc) is 3.29. The molecule has 1 aromatic heterocycles. The first kappa shape index (κ1) is 15.8. The largest absolute Gasteiger partial charge is 0.323 e. The van der Waals surface area contributed by atoms with Crippen molar-refractivity contribution in [2.45, 2.75) is 18.9 Å². The molecule has 126 valence electrons. The zero-order chi connectivity index (χ0) is 17.2. The zero-order valence-corrected chi connectivity index (χ0v) is 14.8. The molecule has 4 nitrogen and oxygen atoms in total. The molecule has 0 radical (unpaired) electrons. The molecule has 0 aliphatic heterocycles. The van der Waals surface area contributed by atoms with E-state index in [1.54, 1.807) is 4.90 Å². The van der Waals surface area contributed by atoms with E-state index in [9.17, 15) is 4.79 Å². The second-order valence-electron chi connectivity index (χ2n) is 6.20. The van der Waals surface area contributed by atoms with Crippen LogP contribution < -0.4 is 5.32 Å². The van der Waals surface area contributed by atoms with Crippen LogP contribution in [0.4, 0.5) is 9.93 Å². The van der Waals surface area contributed by atoms with Crippen LogP contribution in [-0.2, 0) is 6.42 Å². The summed E-state index contributed by atoms with van der Waals surface area (Å²) in [5.41, 5.74) is 4.53. The minimum Gasteiger partial charge on any atom is -0.320 e. The fraction of sp³-hybridized carbons (Fsp3) is 0.200. The van der Waals surface area contributed by atoms with Crippen LogP contribution in [0.2, 0.25) is 0 Å². The van der Waals surface area contributed by atoms with Gasteiger partial charge in [-0.15, -0.1) is 11.3 Å². The van der Waals surface area contributed by atoms with Crippen LogP contribution in [0.25, 0.3) is 11.3 Å². The van der Waals surface area contributed by atoms with E-state index < -0.39 is 0 Å². The summed E-state index contributed by atoms with van der Waals surface area (Å²) in [6, 6.07) is 18.4. The Hall–Kier alpha value is -2.66. The molecule has 0 saturated carbocycles. The lowest BCUT2D eigenvalue weighted by atomic mass is 10.1. The second kappa shape index (κ2) is 6.69. The van der Waals surface area contributed by atoms with Gasteiger partial charge in [0.05, 0.1) is 11.7 Å². The van der Waals surface area contributed by atoms with Crippen molar-refractivity contribution in [1.29, 1.82) is 0 Å². The Morgan fingerprint density at radius 3 is 2.76 bits per heavy atom. The molecular formula is C20H19N3OS. The molecule has 1 aliphatic carbocycles. The highest BCUT2D eigenvalue weighted by Gasteiger charge is 2.28. The van der Waals surface area contributed by atoms with Gasteiger partial charge in [-0.1, -0.05) is 54.6 Å². The van der Waals surface area contributed by atoms with Gasteiger partial charge in [0.2, 0.25) is 0 Å². The summed E-state index contributed by atoms with van der Waals surface area (Å²) in [4.78, 5) is 19.0. The molecule has 1 N–H and O–H groups in total. The minimum absolute atomic E-state index is 0.115. The average molecular weight is 349 g/mol. The molecular weight excluding hydrogens is 330 g/mol. The van der Waals surface area contributed by atoms with Gasteiger partial charge in [-0.25, -0.2) is 9.78 Å². The lowest BCUT2D eigenvalue weighted by molar-refractivity contribution is 0.204. The number of carbonyl (C=O) groups is 1. The summed E-state index contributed by atoms with van der Waals surface area (Å²) < 4.78 is 0. The van der Waals surface area contributed by atoms with Crippen molar-refractivity contribution in [2.75, 3.05) is 12.4 Å². The Bertz CT molecular complexity index is 891. The summed E-state index contributed by atoms with van der Waals surface area (Å²) in [6.45, 7) is 0. The number of rotatable bonds is 3. The third kappa shape index (κ3) is 3.15. The van der Waals surface area contributed by atoms with Gasteiger partial charge in [0.25, 0.3) is 0 Å². The number of amides is 2. The first-order valence-corrected chi connectivity index (χ1v) is 9.23. The predicted molar refractivity (Wildman–Crippen MR) is 102 cm³/mol. The number of benzene rings is 2. The summed E-state index contributed by atoms with van der Waals surface area (Å²) in [5.74, 6) is 0. The smallest absolute Gasteiger partial charge is 0.320 e. The number of fused-ring (bicyclic) bond motifs is 1. The Morgan fingerprint density at radius 1 is 1.16 bits per heavy atom. The van der Waals surface area contributed by atoms with E-state index in [1.807, 2.05) is 48.8 Å². The molecule has 5 heteroatoms. The second-order valence-corrected chi connectivity index (χ2v) is 7.06. The van der Waals surface area contributed by atoms with Gasteiger partial charge in [0, 0.05) is 18.0 Å². The molecule has 1 unspecified atom stereocenters. The van der Waals surface area contributed by atoms with E-state index in [0.717, 1.165) is 24.1 Å². The van der Waals surface area contributed by atoms with Crippen molar-refractivity contribution in [3.63, 3.8) is 0 Å². The van der Waals surface area contributed by atoms with Crippen LogP contribution in [0, 0.1) is 0 Å². The molecule has 25 heavy (non-hydrogen) atoms. The van der Waals surface area contributed by atoms with Crippen molar-refractivity contribution < 1.29 is 4.79 Å². The number of hydrogen-bond acceptors (Lipinski definition) is 3. The lowest BCUT2D eigenvalue weighted by Crippen LogP contribution is -2.33. The molecule has 3 aromatic rings. The Labute approximate surface area is 151 Å². The van der Waals surface area contributed by atoms with Crippen molar-refractivity contribution in [3.05, 3.63) is 71.1 Å². The molecule has 1 heterocycles. The van der Waals surface area contributed by atoms with Crippen LogP contribution in [0.1, 0.15) is 23.6 Å². The highest BCUT2D eigenvalue weighted by Crippen LogP contribution is 2.35. The Morgan fingerprint density at radius 2 is 1.92 bits per heavy atom. The third-order valence-electron chi connectivity index (χ3n) is 4.68. The Kier molecular flexibility index (Phi) is 4.24. The maximum absolute atomic E-state index is 12.6. The van der Waals surface area contributed by atoms with Gasteiger partial charge >= 0.3 is 6.03 Å². The van der Waals surface area contributed by atoms with Crippen LogP contribution in [0.5, 0.6) is 0 Å². The molecule has 2 amide bonds. The first-order chi connectivity index (χ1) is 12.2. The van der Waals surface area contributed by atoms with Crippen molar-refractivity contribution in [2.24, 2.45) is 0 Å². The number of nitrogens with one attached hydrogen (secondary N) is 1. The maximum Gasteiger partial charge on any atom is 0.323 e. The quantitative estimate of drug-likeness (QED) is 0.726. The lowest BCUT2D eigenvalue weighted by Gasteiger charge is -2.25. The van der Waals surface area contributed by atoms with Crippen molar-refractivity contribution in [3.8, 4) is 11.3 Å². The van der Waals surface area contributed by atoms with Crippen molar-refractivity contribution in [1.82, 2.24) is 9.88 Å². The van der Waals surface area contributed by atoms with Crippen molar-refractivity contribution >= 4 is 22.5 Å². The zero-order valence-electron chi connectivity index (χ0n) is 14.0. The number of hydrogen-bond donors (Lipinski definition) is 1. The highest BCUT2D eigenvalue weighted by molar-refractivity contribution is 7.14. The standard InChI is InChI=1S/C20H19N3OS/c1-23(18-12-11-14-7-5-6-10-16(14)18)20(24)22-19-21-17(13-25-19)15-8-3-2-4-9-15/h2-10,13,18H,11-12H2,1H3,(H,21,22,24). The predicted octanol–water partition coefficient (Wildman–Crippen LogP) is 4.96. The first-order valence-electron chi connectivity index (χ1n) is 8.35. The van der Waals surface area contributed by atoms with Gasteiger partial charge in [-0.3, -0.25) is 5.32 Å². The topological polar surface area (TPSA) is 45.2 Å². The molecule has 2 aromatic carbocycles. The van der Waals surface area contributed by atoms with E-state index >= 15 is 0 Å². The molecule has 0 bridgehead atoms. The number of aromatic nitrogens is 1. The SMILES string of the molecule is CN(C(=O)Nc1nc(-c2ccccc2)cs1)C1CCc2ccccc21. The fourth-order valence-electron chi connectivity index (χ4n) is 3.33. The molecule has 1 aliphatic rings. The number of carbonyl (C=O) groups excluding carboxylic acids is 1. The fourth-order valence-corrected chi connectivity index (χ4v) is 4.04. The number of nitrogens with zero attached hydrogens (tertiary/aromatic N) is 2. The molecule has 0 fully saturated rings. The van der Waals surface area contributed by atoms with Crippen LogP contribution in [0.15, 0.2) is 60.0 Å². The normalized spacial score (nSPS) is 15.6. The van der Waals surface area contributed by atoms with Crippen LogP contribution in [-0.4, -0.2) is 23.0 Å². The molecule has 0 spiro atoms. The monoisotopic (exact) mass is 349 g/mol. The van der Waals surface area contributed by atoms with Crippen LogP contribution >= 0.6 is 11.3 Å². The summed E-state index contributed by atoms with van der Waals surface area (Å²) >= 11 is 1.45. The van der Waals surface area contributed by atoms with Crippen LogP contribution in [0.3, 0.4) is 0 Å². The number of thiazole rings is 1. The van der Waals surface area contributed by atoms with Gasteiger partial charge in [0.15, 0.2) is 5.13 Å². The minimum atomic E-state index is -0.115. The van der Waals surface area contributed by atoms with E-state index in [2.05, 4.69) is 28.5 Å². The summed E-state index contributed by atoms with van der Waals surface area (Å²) in [6.07, 6.45) is 1.99. The van der Waals surface area contributed by atoms with E-state index in [1.165, 1.54) is 22.5 Å². The summed E-state index contributed by atoms with van der Waals surface area (Å²) in [7, 11) is 1.85. The molecule has 4 rings (SSSR count). The number of urea groups is 1. The summed E-state index contributed by atoms with van der Waals surface area (Å²) in [5, 5.41) is 5.53. The van der Waals surface area contributed by atoms with E-state index in [0.29, 0.717) is 5.13 Å². The number of aryl methyl sites for hydroxylation is 1. The van der Waals surface area contributed by atoms with Gasteiger partial charge in [-0.05, 0) is 24.0 Å². The van der Waals surface area contributed by atoms with Gasteiger partial charge in [-0.2, -0.15) is 0 Å². The van der Waals surface area contributed by atoms with E-state index in [-0.39, 0.29) is 12.1 Å². The number of anilines is 1.